The van der Waals surface area contributed by atoms with Gasteiger partial charge in [0.2, 0.25) is 5.91 Å². The van der Waals surface area contributed by atoms with Crippen molar-refractivity contribution in [2.45, 2.75) is 65.9 Å². The van der Waals surface area contributed by atoms with Gasteiger partial charge in [-0.3, -0.25) is 4.79 Å². The minimum absolute atomic E-state index is 0.0712. The van der Waals surface area contributed by atoms with Gasteiger partial charge in [-0.05, 0) is 43.4 Å². The first-order valence-corrected chi connectivity index (χ1v) is 10.00. The molecule has 3 rings (SSSR count). The second kappa shape index (κ2) is 9.30. The van der Waals surface area contributed by atoms with E-state index in [1.807, 2.05) is 51.2 Å². The predicted octanol–water partition coefficient (Wildman–Crippen LogP) is 3.36. The van der Waals surface area contributed by atoms with E-state index in [0.29, 0.717) is 13.2 Å². The summed E-state index contributed by atoms with van der Waals surface area (Å²) in [6, 6.07) is 7.91. The van der Waals surface area contributed by atoms with E-state index in [2.05, 4.69) is 15.6 Å². The Kier molecular flexibility index (Phi) is 6.80. The van der Waals surface area contributed by atoms with Crippen molar-refractivity contribution in [3.63, 3.8) is 0 Å². The Bertz CT molecular complexity index is 764. The molecule has 1 aromatic carbocycles. The SMILES string of the molecule is CCC(C)(C)C(=O)NCc1ccc(-n2cc(COC3CCCCO3)nn2)cc1. The highest BCUT2D eigenvalue weighted by atomic mass is 16.7. The van der Waals surface area contributed by atoms with Crippen LogP contribution in [0.25, 0.3) is 5.69 Å². The summed E-state index contributed by atoms with van der Waals surface area (Å²) in [6.07, 6.45) is 5.71. The lowest BCUT2D eigenvalue weighted by Gasteiger charge is -2.22. The number of ether oxygens (including phenoxy) is 2. The van der Waals surface area contributed by atoms with Gasteiger partial charge in [0.25, 0.3) is 0 Å². The molecule has 7 nitrogen and oxygen atoms in total. The molecule has 0 aliphatic carbocycles. The summed E-state index contributed by atoms with van der Waals surface area (Å²) in [5, 5.41) is 11.3. The summed E-state index contributed by atoms with van der Waals surface area (Å²) < 4.78 is 13.0. The molecule has 0 spiro atoms. The number of carbonyl (C=O) groups excluding carboxylic acids is 1. The second-order valence-corrected chi connectivity index (χ2v) is 7.85. The van der Waals surface area contributed by atoms with Crippen LogP contribution in [0.5, 0.6) is 0 Å². The molecule has 1 unspecified atom stereocenters. The van der Waals surface area contributed by atoms with E-state index >= 15 is 0 Å². The fourth-order valence-electron chi connectivity index (χ4n) is 2.86. The standard InChI is InChI=1S/C21H30N4O3/c1-4-21(2,3)20(26)22-13-16-8-10-18(11-9-16)25-14-17(23-24-25)15-28-19-7-5-6-12-27-19/h8-11,14,19H,4-7,12-13,15H2,1-3H3,(H,22,26). The van der Waals surface area contributed by atoms with Gasteiger partial charge in [-0.15, -0.1) is 5.10 Å². The Morgan fingerprint density at radius 3 is 2.79 bits per heavy atom. The molecule has 1 amide bonds. The van der Waals surface area contributed by atoms with Gasteiger partial charge >= 0.3 is 0 Å². The summed E-state index contributed by atoms with van der Waals surface area (Å²) >= 11 is 0. The summed E-state index contributed by atoms with van der Waals surface area (Å²) in [5.41, 5.74) is 2.38. The maximum Gasteiger partial charge on any atom is 0.225 e. The number of hydrogen-bond acceptors (Lipinski definition) is 5. The van der Waals surface area contributed by atoms with E-state index in [4.69, 9.17) is 9.47 Å². The number of carbonyl (C=O) groups is 1. The molecule has 1 N–H and O–H groups in total. The van der Waals surface area contributed by atoms with E-state index in [1.54, 1.807) is 4.68 Å². The van der Waals surface area contributed by atoms with Crippen molar-refractivity contribution < 1.29 is 14.3 Å². The number of benzene rings is 1. The van der Waals surface area contributed by atoms with Crippen LogP contribution in [0, 0.1) is 5.41 Å². The summed E-state index contributed by atoms with van der Waals surface area (Å²) in [5.74, 6) is 0.0712. The largest absolute Gasteiger partial charge is 0.353 e. The average molecular weight is 386 g/mol. The maximum atomic E-state index is 12.2. The van der Waals surface area contributed by atoms with E-state index in [-0.39, 0.29) is 17.6 Å². The molecule has 1 aliphatic heterocycles. The third-order valence-corrected chi connectivity index (χ3v) is 5.25. The Balaban J connectivity index is 1.52. The van der Waals surface area contributed by atoms with Crippen molar-refractivity contribution in [1.29, 1.82) is 0 Å². The van der Waals surface area contributed by atoms with Crippen molar-refractivity contribution in [2.75, 3.05) is 6.61 Å². The minimum Gasteiger partial charge on any atom is -0.353 e. The Labute approximate surface area is 166 Å². The molecule has 1 aromatic heterocycles. The van der Waals surface area contributed by atoms with E-state index < -0.39 is 0 Å². The van der Waals surface area contributed by atoms with Gasteiger partial charge in [0.15, 0.2) is 6.29 Å². The first-order chi connectivity index (χ1) is 13.5. The van der Waals surface area contributed by atoms with E-state index in [9.17, 15) is 4.79 Å². The van der Waals surface area contributed by atoms with E-state index in [1.165, 1.54) is 0 Å². The van der Waals surface area contributed by atoms with Crippen LogP contribution in [-0.4, -0.2) is 33.8 Å². The molecule has 7 heteroatoms. The Morgan fingerprint density at radius 1 is 1.32 bits per heavy atom. The van der Waals surface area contributed by atoms with Crippen molar-refractivity contribution >= 4 is 5.91 Å². The fourth-order valence-corrected chi connectivity index (χ4v) is 2.86. The quantitative estimate of drug-likeness (QED) is 0.753. The van der Waals surface area contributed by atoms with Crippen LogP contribution >= 0.6 is 0 Å². The molecule has 1 fully saturated rings. The first-order valence-electron chi connectivity index (χ1n) is 10.00. The number of nitrogens with one attached hydrogen (secondary N) is 1. The Hall–Kier alpha value is -2.25. The van der Waals surface area contributed by atoms with Gasteiger partial charge in [0.1, 0.15) is 5.69 Å². The van der Waals surface area contributed by atoms with Gasteiger partial charge in [0.05, 0.1) is 18.5 Å². The van der Waals surface area contributed by atoms with Crippen LogP contribution in [0.15, 0.2) is 30.5 Å². The fraction of sp³-hybridized carbons (Fsp3) is 0.571. The van der Waals surface area contributed by atoms with Crippen LogP contribution in [0.2, 0.25) is 0 Å². The molecule has 1 saturated heterocycles. The molecule has 28 heavy (non-hydrogen) atoms. The lowest BCUT2D eigenvalue weighted by atomic mass is 9.89. The number of aromatic nitrogens is 3. The van der Waals surface area contributed by atoms with E-state index in [0.717, 1.165) is 49.2 Å². The molecule has 0 bridgehead atoms. The highest BCUT2D eigenvalue weighted by Crippen LogP contribution is 2.20. The van der Waals surface area contributed by atoms with Crippen molar-refractivity contribution in [3.8, 4) is 5.69 Å². The smallest absolute Gasteiger partial charge is 0.225 e. The summed E-state index contributed by atoms with van der Waals surface area (Å²) in [6.45, 7) is 7.60. The van der Waals surface area contributed by atoms with Gasteiger partial charge < -0.3 is 14.8 Å². The molecule has 0 radical (unpaired) electrons. The molecular weight excluding hydrogens is 356 g/mol. The average Bonchev–Trinajstić information content (AvgIpc) is 3.20. The summed E-state index contributed by atoms with van der Waals surface area (Å²) in [7, 11) is 0. The number of nitrogens with zero attached hydrogens (tertiary/aromatic N) is 3. The van der Waals surface area contributed by atoms with Crippen molar-refractivity contribution in [3.05, 3.63) is 41.7 Å². The van der Waals surface area contributed by atoms with Gasteiger partial charge in [-0.1, -0.05) is 38.1 Å². The van der Waals surface area contributed by atoms with Crippen LogP contribution in [-0.2, 0) is 27.4 Å². The topological polar surface area (TPSA) is 78.3 Å². The molecule has 1 aliphatic rings. The molecule has 2 aromatic rings. The number of amides is 1. The normalized spacial score (nSPS) is 17.5. The van der Waals surface area contributed by atoms with Crippen LogP contribution in [0.3, 0.4) is 0 Å². The zero-order valence-electron chi connectivity index (χ0n) is 17.0. The zero-order valence-corrected chi connectivity index (χ0v) is 17.0. The highest BCUT2D eigenvalue weighted by Gasteiger charge is 2.24. The molecular formula is C21H30N4O3. The molecule has 2 heterocycles. The molecule has 1 atom stereocenters. The number of rotatable bonds is 8. The van der Waals surface area contributed by atoms with Gasteiger partial charge in [-0.2, -0.15) is 0 Å². The number of hydrogen-bond donors (Lipinski definition) is 1. The monoisotopic (exact) mass is 386 g/mol. The highest BCUT2D eigenvalue weighted by molar-refractivity contribution is 5.81. The maximum absolute atomic E-state index is 12.2. The third kappa shape index (κ3) is 5.39. The van der Waals surface area contributed by atoms with Gasteiger partial charge in [-0.25, -0.2) is 4.68 Å². The zero-order chi connectivity index (χ0) is 20.0. The third-order valence-electron chi connectivity index (χ3n) is 5.25. The summed E-state index contributed by atoms with van der Waals surface area (Å²) in [4.78, 5) is 12.2. The van der Waals surface area contributed by atoms with Crippen molar-refractivity contribution in [1.82, 2.24) is 20.3 Å². The van der Waals surface area contributed by atoms with Gasteiger partial charge in [0, 0.05) is 18.6 Å². The molecule has 152 valence electrons. The minimum atomic E-state index is -0.345. The van der Waals surface area contributed by atoms with Crippen LogP contribution in [0.1, 0.15) is 57.7 Å². The second-order valence-electron chi connectivity index (χ2n) is 7.85. The molecule has 0 saturated carbocycles. The van der Waals surface area contributed by atoms with Crippen LogP contribution in [0.4, 0.5) is 0 Å². The predicted molar refractivity (Wildman–Crippen MR) is 106 cm³/mol. The van der Waals surface area contributed by atoms with Crippen molar-refractivity contribution in [2.24, 2.45) is 5.41 Å². The Morgan fingerprint density at radius 2 is 2.11 bits per heavy atom. The lowest BCUT2D eigenvalue weighted by molar-refractivity contribution is -0.169. The first kappa shape index (κ1) is 20.5. The lowest BCUT2D eigenvalue weighted by Crippen LogP contribution is -2.35. The van der Waals surface area contributed by atoms with Crippen LogP contribution < -0.4 is 5.32 Å².